The van der Waals surface area contributed by atoms with E-state index in [1.807, 2.05) is 0 Å². The Morgan fingerprint density at radius 2 is 2.13 bits per heavy atom. The van der Waals surface area contributed by atoms with Gasteiger partial charge in [-0.15, -0.1) is 0 Å². The highest BCUT2D eigenvalue weighted by Crippen LogP contribution is 2.38. The van der Waals surface area contributed by atoms with Gasteiger partial charge in [0.1, 0.15) is 5.56 Å². The molecule has 0 radical (unpaired) electrons. The Kier molecular flexibility index (Phi) is 3.83. The maximum atomic E-state index is 12.0. The SMILES string of the molecule is O=C([O-])c1ccccc1N=Cc1c(O)n(C2CC2)c(=S)[nH]c1=O. The lowest BCUT2D eigenvalue weighted by atomic mass is 10.2. The smallest absolute Gasteiger partial charge is 0.264 e. The molecule has 0 unspecified atom stereocenters. The summed E-state index contributed by atoms with van der Waals surface area (Å²) >= 11 is 5.05. The lowest BCUT2D eigenvalue weighted by Crippen LogP contribution is -2.22. The molecule has 1 saturated carbocycles. The first-order valence-electron chi connectivity index (χ1n) is 6.91. The van der Waals surface area contributed by atoms with Gasteiger partial charge in [0.25, 0.3) is 5.56 Å². The summed E-state index contributed by atoms with van der Waals surface area (Å²) in [6, 6.07) is 6.05. The van der Waals surface area contributed by atoms with Crippen molar-refractivity contribution in [1.82, 2.24) is 9.55 Å². The molecule has 7 nitrogen and oxygen atoms in total. The van der Waals surface area contributed by atoms with E-state index in [0.29, 0.717) is 0 Å². The van der Waals surface area contributed by atoms with Crippen LogP contribution in [0, 0.1) is 4.77 Å². The minimum Gasteiger partial charge on any atom is -0.545 e. The van der Waals surface area contributed by atoms with Crippen molar-refractivity contribution in [3.8, 4) is 5.88 Å². The Balaban J connectivity index is 2.07. The monoisotopic (exact) mass is 330 g/mol. The maximum Gasteiger partial charge on any atom is 0.264 e. The van der Waals surface area contributed by atoms with Crippen LogP contribution < -0.4 is 10.7 Å². The summed E-state index contributed by atoms with van der Waals surface area (Å²) in [6.07, 6.45) is 2.87. The van der Waals surface area contributed by atoms with Gasteiger partial charge in [0, 0.05) is 17.8 Å². The standard InChI is InChI=1S/C15H13N3O4S/c19-12-10(13(20)18(8-5-6-8)15(23)17-12)7-16-11-4-2-1-3-9(11)14(21)22/h1-4,7-8,20H,5-6H2,(H,21,22)(H,17,19,23)/p-1. The molecule has 1 aliphatic carbocycles. The molecule has 0 bridgehead atoms. The number of nitrogens with one attached hydrogen (secondary N) is 1. The number of aliphatic imine (C=N–C) groups is 1. The average Bonchev–Trinajstić information content (AvgIpc) is 3.31. The number of H-pyrrole nitrogens is 1. The molecule has 118 valence electrons. The second-order valence-electron chi connectivity index (χ2n) is 5.16. The van der Waals surface area contributed by atoms with Crippen LogP contribution in [0.15, 0.2) is 34.1 Å². The number of hydrogen-bond donors (Lipinski definition) is 2. The number of nitrogens with zero attached hydrogens (tertiary/aromatic N) is 2. The topological polar surface area (TPSA) is 111 Å². The maximum absolute atomic E-state index is 12.0. The Morgan fingerprint density at radius 3 is 2.78 bits per heavy atom. The fraction of sp³-hybridized carbons (Fsp3) is 0.200. The van der Waals surface area contributed by atoms with Gasteiger partial charge < -0.3 is 15.0 Å². The number of aromatic nitrogens is 2. The molecule has 0 amide bonds. The zero-order valence-electron chi connectivity index (χ0n) is 11.9. The summed E-state index contributed by atoms with van der Waals surface area (Å²) in [6.45, 7) is 0. The molecule has 1 aromatic carbocycles. The second kappa shape index (κ2) is 5.81. The van der Waals surface area contributed by atoms with Crippen molar-refractivity contribution < 1.29 is 15.0 Å². The lowest BCUT2D eigenvalue weighted by Gasteiger charge is -2.10. The Morgan fingerprint density at radius 1 is 1.43 bits per heavy atom. The van der Waals surface area contributed by atoms with Crippen molar-refractivity contribution in [3.63, 3.8) is 0 Å². The number of benzene rings is 1. The van der Waals surface area contributed by atoms with Gasteiger partial charge in [-0.2, -0.15) is 0 Å². The van der Waals surface area contributed by atoms with Crippen LogP contribution in [-0.4, -0.2) is 26.8 Å². The minimum atomic E-state index is -1.37. The van der Waals surface area contributed by atoms with E-state index in [2.05, 4.69) is 9.98 Å². The van der Waals surface area contributed by atoms with Crippen LogP contribution in [0.5, 0.6) is 5.88 Å². The van der Waals surface area contributed by atoms with Crippen LogP contribution >= 0.6 is 12.2 Å². The van der Waals surface area contributed by atoms with Crippen molar-refractivity contribution >= 4 is 30.1 Å². The molecule has 1 heterocycles. The molecule has 2 N–H and O–H groups in total. The number of aromatic carboxylic acids is 1. The van der Waals surface area contributed by atoms with Crippen molar-refractivity contribution in [2.45, 2.75) is 18.9 Å². The van der Waals surface area contributed by atoms with Crippen LogP contribution in [0.2, 0.25) is 0 Å². The second-order valence-corrected chi connectivity index (χ2v) is 5.55. The predicted octanol–water partition coefficient (Wildman–Crippen LogP) is 1.06. The molecule has 23 heavy (non-hydrogen) atoms. The van der Waals surface area contributed by atoms with E-state index < -0.39 is 11.5 Å². The van der Waals surface area contributed by atoms with Crippen LogP contribution in [0.25, 0.3) is 0 Å². The van der Waals surface area contributed by atoms with Crippen molar-refractivity contribution in [3.05, 3.63) is 50.5 Å². The van der Waals surface area contributed by atoms with Gasteiger partial charge in [-0.1, -0.05) is 18.2 Å². The highest BCUT2D eigenvalue weighted by molar-refractivity contribution is 7.71. The van der Waals surface area contributed by atoms with Crippen LogP contribution in [0.3, 0.4) is 0 Å². The van der Waals surface area contributed by atoms with Gasteiger partial charge >= 0.3 is 0 Å². The highest BCUT2D eigenvalue weighted by Gasteiger charge is 2.27. The number of carbonyl (C=O) groups is 1. The van der Waals surface area contributed by atoms with E-state index in [4.69, 9.17) is 12.2 Å². The summed E-state index contributed by atoms with van der Waals surface area (Å²) in [7, 11) is 0. The quantitative estimate of drug-likeness (QED) is 0.643. The number of carboxylic acid groups (broad SMARTS) is 1. The van der Waals surface area contributed by atoms with E-state index in [9.17, 15) is 19.8 Å². The largest absolute Gasteiger partial charge is 0.545 e. The summed E-state index contributed by atoms with van der Waals surface area (Å²) in [5.41, 5.74) is -0.626. The van der Waals surface area contributed by atoms with E-state index in [0.717, 1.165) is 19.1 Å². The molecule has 0 atom stereocenters. The van der Waals surface area contributed by atoms with Gasteiger partial charge in [-0.3, -0.25) is 19.3 Å². The fourth-order valence-electron chi connectivity index (χ4n) is 2.23. The first kappa shape index (κ1) is 15.2. The Bertz CT molecular complexity index is 925. The summed E-state index contributed by atoms with van der Waals surface area (Å²) in [5.74, 6) is -1.64. The predicted molar refractivity (Wildman–Crippen MR) is 83.8 cm³/mol. The average molecular weight is 330 g/mol. The molecule has 0 aliphatic heterocycles. The first-order valence-corrected chi connectivity index (χ1v) is 7.32. The third kappa shape index (κ3) is 2.93. The Labute approximate surface area is 135 Å². The van der Waals surface area contributed by atoms with Crippen molar-refractivity contribution in [2.24, 2.45) is 4.99 Å². The molecule has 1 aromatic heterocycles. The first-order chi connectivity index (χ1) is 11.0. The molecular weight excluding hydrogens is 318 g/mol. The van der Waals surface area contributed by atoms with E-state index in [1.54, 1.807) is 12.1 Å². The number of carboxylic acids is 1. The summed E-state index contributed by atoms with van der Waals surface area (Å²) < 4.78 is 1.63. The Hall–Kier alpha value is -2.74. The van der Waals surface area contributed by atoms with Crippen molar-refractivity contribution in [1.29, 1.82) is 0 Å². The third-order valence-corrected chi connectivity index (χ3v) is 3.82. The lowest BCUT2D eigenvalue weighted by molar-refractivity contribution is -0.254. The normalized spacial score (nSPS) is 14.3. The van der Waals surface area contributed by atoms with E-state index in [-0.39, 0.29) is 33.5 Å². The number of para-hydroxylation sites is 1. The van der Waals surface area contributed by atoms with Gasteiger partial charge in [0.05, 0.1) is 11.7 Å². The van der Waals surface area contributed by atoms with E-state index in [1.165, 1.54) is 16.7 Å². The zero-order chi connectivity index (χ0) is 16.6. The van der Waals surface area contributed by atoms with Crippen molar-refractivity contribution in [2.75, 3.05) is 0 Å². The minimum absolute atomic E-state index is 0.0707. The number of carbonyl (C=O) groups excluding carboxylic acids is 1. The molecule has 1 aliphatic rings. The molecule has 2 aromatic rings. The van der Waals surface area contributed by atoms with Gasteiger partial charge in [0.2, 0.25) is 5.88 Å². The molecule has 0 spiro atoms. The highest BCUT2D eigenvalue weighted by atomic mass is 32.1. The van der Waals surface area contributed by atoms with Gasteiger partial charge in [0.15, 0.2) is 4.77 Å². The van der Waals surface area contributed by atoms with Gasteiger partial charge in [-0.25, -0.2) is 0 Å². The van der Waals surface area contributed by atoms with Crippen LogP contribution in [0.4, 0.5) is 5.69 Å². The third-order valence-electron chi connectivity index (χ3n) is 3.52. The van der Waals surface area contributed by atoms with Gasteiger partial charge in [-0.05, 0) is 31.1 Å². The summed E-state index contributed by atoms with van der Waals surface area (Å²) in [5, 5.41) is 21.3. The number of rotatable bonds is 4. The molecule has 0 saturated heterocycles. The molecule has 8 heteroatoms. The van der Waals surface area contributed by atoms with Crippen LogP contribution in [0.1, 0.15) is 34.8 Å². The fourth-order valence-corrected chi connectivity index (χ4v) is 2.56. The van der Waals surface area contributed by atoms with E-state index >= 15 is 0 Å². The zero-order valence-corrected chi connectivity index (χ0v) is 12.7. The number of hydrogen-bond acceptors (Lipinski definition) is 6. The molecule has 1 fully saturated rings. The molecular formula is C15H12N3O4S-. The number of aromatic amines is 1. The number of aromatic hydroxyl groups is 1. The molecule has 3 rings (SSSR count). The summed E-state index contributed by atoms with van der Waals surface area (Å²) in [4.78, 5) is 29.5. The van der Waals surface area contributed by atoms with Crippen LogP contribution in [-0.2, 0) is 0 Å².